The van der Waals surface area contributed by atoms with Gasteiger partial charge in [-0.25, -0.2) is 13.8 Å². The van der Waals surface area contributed by atoms with Crippen LogP contribution >= 0.6 is 11.3 Å². The Labute approximate surface area is 169 Å². The molecular formula is C20H20F2N4O2S. The van der Waals surface area contributed by atoms with Crippen molar-refractivity contribution in [2.24, 2.45) is 5.41 Å². The first-order valence-corrected chi connectivity index (χ1v) is 10.4. The maximum atomic E-state index is 13.9. The van der Waals surface area contributed by atoms with Crippen molar-refractivity contribution >= 4 is 33.3 Å². The van der Waals surface area contributed by atoms with E-state index in [-0.39, 0.29) is 34.5 Å². The van der Waals surface area contributed by atoms with Crippen molar-refractivity contribution < 1.29 is 18.7 Å². The van der Waals surface area contributed by atoms with E-state index in [4.69, 9.17) is 0 Å². The van der Waals surface area contributed by atoms with Crippen molar-refractivity contribution in [1.82, 2.24) is 14.9 Å². The molecule has 0 bridgehead atoms. The zero-order chi connectivity index (χ0) is 20.2. The smallest absolute Gasteiger partial charge is 0.270 e. The van der Waals surface area contributed by atoms with E-state index < -0.39 is 11.6 Å². The molecule has 0 atom stereocenters. The molecule has 152 valence electrons. The summed E-state index contributed by atoms with van der Waals surface area (Å²) in [5.41, 5.74) is 1.15. The van der Waals surface area contributed by atoms with Gasteiger partial charge in [-0.15, -0.1) is 0 Å². The van der Waals surface area contributed by atoms with E-state index in [9.17, 15) is 18.7 Å². The van der Waals surface area contributed by atoms with Gasteiger partial charge >= 0.3 is 0 Å². The monoisotopic (exact) mass is 418 g/mol. The molecule has 6 nitrogen and oxygen atoms in total. The van der Waals surface area contributed by atoms with Gasteiger partial charge in [0.25, 0.3) is 5.91 Å². The third kappa shape index (κ3) is 3.28. The van der Waals surface area contributed by atoms with Gasteiger partial charge in [0.1, 0.15) is 17.3 Å². The Morgan fingerprint density at radius 2 is 2.14 bits per heavy atom. The summed E-state index contributed by atoms with van der Waals surface area (Å²) in [7, 11) is 0. The van der Waals surface area contributed by atoms with Crippen LogP contribution in [0.5, 0.6) is 0 Å². The number of aromatic nitrogens is 2. The van der Waals surface area contributed by atoms with Crippen LogP contribution in [0, 0.1) is 17.0 Å². The van der Waals surface area contributed by atoms with Gasteiger partial charge in [0.2, 0.25) is 0 Å². The van der Waals surface area contributed by atoms with E-state index in [1.54, 1.807) is 4.90 Å². The minimum absolute atomic E-state index is 0.00561. The number of benzene rings is 1. The van der Waals surface area contributed by atoms with E-state index in [1.807, 2.05) is 0 Å². The summed E-state index contributed by atoms with van der Waals surface area (Å²) in [5, 5.41) is 13.6. The molecule has 0 unspecified atom stereocenters. The Balaban J connectivity index is 1.32. The number of fused-ring (bicyclic) bond motifs is 2. The quantitative estimate of drug-likeness (QED) is 0.594. The van der Waals surface area contributed by atoms with Gasteiger partial charge in [-0.3, -0.25) is 4.79 Å². The number of rotatable bonds is 5. The number of anilines is 1. The lowest BCUT2D eigenvalue weighted by Crippen LogP contribution is -2.35. The summed E-state index contributed by atoms with van der Waals surface area (Å²) in [6.07, 6.45) is 2.68. The SMILES string of the molecule is O=C(c1cc2c(F)ccc(F)c2[nH]1)N1CCc2nc(NCC3(CO)CC3)sc2C1. The molecule has 1 fully saturated rings. The van der Waals surface area contributed by atoms with E-state index in [2.05, 4.69) is 15.3 Å². The van der Waals surface area contributed by atoms with Crippen LogP contribution in [0.25, 0.3) is 10.9 Å². The number of nitrogens with zero attached hydrogens (tertiary/aromatic N) is 2. The van der Waals surface area contributed by atoms with Crippen LogP contribution in [0.15, 0.2) is 18.2 Å². The van der Waals surface area contributed by atoms with Gasteiger partial charge in [0.05, 0.1) is 24.4 Å². The molecule has 2 aromatic heterocycles. The molecule has 3 aromatic rings. The number of nitrogens with one attached hydrogen (secondary N) is 2. The van der Waals surface area contributed by atoms with Crippen molar-refractivity contribution in [3.8, 4) is 0 Å². The molecule has 0 spiro atoms. The molecule has 0 radical (unpaired) electrons. The van der Waals surface area contributed by atoms with Crippen molar-refractivity contribution in [3.63, 3.8) is 0 Å². The first kappa shape index (κ1) is 18.5. The number of aliphatic hydroxyl groups is 1. The second kappa shape index (κ2) is 6.77. The first-order valence-electron chi connectivity index (χ1n) is 9.57. The summed E-state index contributed by atoms with van der Waals surface area (Å²) in [4.78, 5) is 22.9. The third-order valence-electron chi connectivity index (χ3n) is 5.85. The zero-order valence-corrected chi connectivity index (χ0v) is 16.4. The van der Waals surface area contributed by atoms with Crippen molar-refractivity contribution in [3.05, 3.63) is 46.1 Å². The number of hydrogen-bond donors (Lipinski definition) is 3. The summed E-state index contributed by atoms with van der Waals surface area (Å²) in [5.74, 6) is -1.44. The predicted molar refractivity (Wildman–Crippen MR) is 106 cm³/mol. The molecule has 3 N–H and O–H groups in total. The molecular weight excluding hydrogens is 398 g/mol. The molecule has 3 heterocycles. The molecule has 1 aliphatic carbocycles. The van der Waals surface area contributed by atoms with E-state index in [1.165, 1.54) is 17.4 Å². The number of aliphatic hydroxyl groups excluding tert-OH is 1. The van der Waals surface area contributed by atoms with Crippen LogP contribution in [0.1, 0.15) is 33.9 Å². The standard InChI is InChI=1S/C20H20F2N4O2S/c21-12-1-2-13(22)17-11(12)7-15(24-17)18(28)26-6-3-14-16(8-26)29-19(25-14)23-9-20(10-27)4-5-20/h1-2,7,24,27H,3-6,8-10H2,(H,23,25). The highest BCUT2D eigenvalue weighted by Crippen LogP contribution is 2.45. The predicted octanol–water partition coefficient (Wildman–Crippen LogP) is 3.29. The average Bonchev–Trinajstić information content (AvgIpc) is 3.18. The Kier molecular flexibility index (Phi) is 4.32. The van der Waals surface area contributed by atoms with Crippen molar-refractivity contribution in [1.29, 1.82) is 0 Å². The molecule has 1 aromatic carbocycles. The van der Waals surface area contributed by atoms with E-state index in [0.29, 0.717) is 26.1 Å². The Morgan fingerprint density at radius 3 is 2.86 bits per heavy atom. The normalized spacial score (nSPS) is 17.4. The average molecular weight is 418 g/mol. The molecule has 5 rings (SSSR count). The van der Waals surface area contributed by atoms with Crippen molar-refractivity contribution in [2.75, 3.05) is 25.0 Å². The van der Waals surface area contributed by atoms with Gasteiger partial charge in [0.15, 0.2) is 5.13 Å². The minimum Gasteiger partial charge on any atom is -0.396 e. The summed E-state index contributed by atoms with van der Waals surface area (Å²) >= 11 is 1.51. The molecule has 1 aliphatic heterocycles. The third-order valence-corrected chi connectivity index (χ3v) is 6.89. The van der Waals surface area contributed by atoms with Crippen LogP contribution in [0.4, 0.5) is 13.9 Å². The lowest BCUT2D eigenvalue weighted by Gasteiger charge is -2.25. The zero-order valence-electron chi connectivity index (χ0n) is 15.6. The topological polar surface area (TPSA) is 81.2 Å². The summed E-state index contributed by atoms with van der Waals surface area (Å²) in [6, 6.07) is 3.47. The second-order valence-electron chi connectivity index (χ2n) is 7.88. The summed E-state index contributed by atoms with van der Waals surface area (Å²) in [6.45, 7) is 1.79. The highest BCUT2D eigenvalue weighted by molar-refractivity contribution is 7.15. The second-order valence-corrected chi connectivity index (χ2v) is 8.96. The maximum Gasteiger partial charge on any atom is 0.270 e. The van der Waals surface area contributed by atoms with Gasteiger partial charge in [-0.2, -0.15) is 0 Å². The van der Waals surface area contributed by atoms with Gasteiger partial charge < -0.3 is 20.3 Å². The fraction of sp³-hybridized carbons (Fsp3) is 0.400. The number of carbonyl (C=O) groups is 1. The number of aromatic amines is 1. The Bertz CT molecular complexity index is 1070. The fourth-order valence-corrected chi connectivity index (χ4v) is 4.73. The van der Waals surface area contributed by atoms with Crippen LogP contribution in [-0.2, 0) is 13.0 Å². The number of amides is 1. The van der Waals surface area contributed by atoms with E-state index >= 15 is 0 Å². The highest BCUT2D eigenvalue weighted by atomic mass is 32.1. The largest absolute Gasteiger partial charge is 0.396 e. The van der Waals surface area contributed by atoms with Crippen LogP contribution in [-0.4, -0.2) is 45.6 Å². The van der Waals surface area contributed by atoms with Gasteiger partial charge in [-0.05, 0) is 31.0 Å². The van der Waals surface area contributed by atoms with E-state index in [0.717, 1.165) is 40.7 Å². The molecule has 9 heteroatoms. The molecule has 29 heavy (non-hydrogen) atoms. The molecule has 1 amide bonds. The molecule has 1 saturated carbocycles. The Hall–Kier alpha value is -2.52. The van der Waals surface area contributed by atoms with Gasteiger partial charge in [0, 0.05) is 35.2 Å². The van der Waals surface area contributed by atoms with Gasteiger partial charge in [-0.1, -0.05) is 11.3 Å². The first-order chi connectivity index (χ1) is 14.0. The number of halogens is 2. The minimum atomic E-state index is -0.587. The number of thiazole rings is 1. The Morgan fingerprint density at radius 1 is 1.34 bits per heavy atom. The van der Waals surface area contributed by atoms with Crippen LogP contribution in [0.2, 0.25) is 0 Å². The lowest BCUT2D eigenvalue weighted by atomic mass is 10.1. The summed E-state index contributed by atoms with van der Waals surface area (Å²) < 4.78 is 27.9. The van der Waals surface area contributed by atoms with Crippen molar-refractivity contribution in [2.45, 2.75) is 25.8 Å². The molecule has 0 saturated heterocycles. The number of hydrogen-bond acceptors (Lipinski definition) is 5. The van der Waals surface area contributed by atoms with Crippen LogP contribution < -0.4 is 5.32 Å². The lowest BCUT2D eigenvalue weighted by molar-refractivity contribution is 0.0731. The maximum absolute atomic E-state index is 13.9. The molecule has 2 aliphatic rings. The highest BCUT2D eigenvalue weighted by Gasteiger charge is 2.42. The fourth-order valence-electron chi connectivity index (χ4n) is 3.71. The number of carbonyl (C=O) groups excluding carboxylic acids is 1. The van der Waals surface area contributed by atoms with Crippen LogP contribution in [0.3, 0.4) is 0 Å². The number of H-pyrrole nitrogens is 1.